The van der Waals surface area contributed by atoms with Gasteiger partial charge < -0.3 is 24.8 Å². The molecule has 0 radical (unpaired) electrons. The summed E-state index contributed by atoms with van der Waals surface area (Å²) in [5, 5.41) is 26.1. The molecule has 1 atom stereocenters. The third-order valence-electron chi connectivity index (χ3n) is 2.04. The minimum atomic E-state index is -0.728. The first-order valence-electron chi connectivity index (χ1n) is 7.00. The normalized spacial score (nSPS) is 12.8. The Balaban J connectivity index is 0. The van der Waals surface area contributed by atoms with Crippen molar-refractivity contribution < 1.29 is 24.8 Å². The first-order chi connectivity index (χ1) is 8.83. The Morgan fingerprint density at radius 2 is 1.58 bits per heavy atom. The molecular weight excluding hydrogens is 248 g/mol. The van der Waals surface area contributed by atoms with Crippen LogP contribution in [0.25, 0.3) is 0 Å². The van der Waals surface area contributed by atoms with E-state index in [0.717, 1.165) is 19.4 Å². The molecular formula is C14H32O5. The summed E-state index contributed by atoms with van der Waals surface area (Å²) in [5.74, 6) is 0. The predicted octanol–water partition coefficient (Wildman–Crippen LogP) is 1.34. The van der Waals surface area contributed by atoms with Gasteiger partial charge in [0, 0.05) is 13.0 Å². The van der Waals surface area contributed by atoms with Crippen molar-refractivity contribution in [1.82, 2.24) is 0 Å². The molecule has 0 aliphatic rings. The van der Waals surface area contributed by atoms with Crippen molar-refractivity contribution in [3.63, 3.8) is 0 Å². The topological polar surface area (TPSA) is 79.2 Å². The summed E-state index contributed by atoms with van der Waals surface area (Å²) in [6.07, 6.45) is 2.31. The zero-order valence-corrected chi connectivity index (χ0v) is 12.9. The lowest BCUT2D eigenvalue weighted by molar-refractivity contribution is 0.0249. The Kier molecular flexibility index (Phi) is 15.8. The van der Waals surface area contributed by atoms with Gasteiger partial charge in [0.15, 0.2) is 0 Å². The Morgan fingerprint density at radius 1 is 1.05 bits per heavy atom. The highest BCUT2D eigenvalue weighted by atomic mass is 16.5. The van der Waals surface area contributed by atoms with Crippen molar-refractivity contribution in [3.8, 4) is 0 Å². The summed E-state index contributed by atoms with van der Waals surface area (Å²) in [6.45, 7) is 9.71. The molecule has 5 nitrogen and oxygen atoms in total. The number of hydrogen-bond acceptors (Lipinski definition) is 5. The molecule has 0 aromatic heterocycles. The van der Waals surface area contributed by atoms with Crippen LogP contribution in [0.5, 0.6) is 0 Å². The van der Waals surface area contributed by atoms with Crippen molar-refractivity contribution in [2.24, 2.45) is 0 Å². The van der Waals surface area contributed by atoms with E-state index in [1.807, 2.05) is 0 Å². The quantitative estimate of drug-likeness (QED) is 0.526. The average molecular weight is 280 g/mol. The molecule has 0 aromatic rings. The fourth-order valence-electron chi connectivity index (χ4n) is 1.36. The zero-order chi connectivity index (χ0) is 15.1. The minimum absolute atomic E-state index is 0.0922. The van der Waals surface area contributed by atoms with Crippen molar-refractivity contribution in [1.29, 1.82) is 0 Å². The van der Waals surface area contributed by atoms with Gasteiger partial charge >= 0.3 is 0 Å². The standard InChI is InChI=1S/C8H18O3.C6H14O2/c1-2-3-5-10-7-8-11-6-4-9;1-5(7)4-6(2,3)8/h9H,2-8H2,1H3;5,7-8H,4H2,1-3H3. The van der Waals surface area contributed by atoms with Gasteiger partial charge in [0.2, 0.25) is 0 Å². The highest BCUT2D eigenvalue weighted by Crippen LogP contribution is 2.09. The molecule has 0 amide bonds. The predicted molar refractivity (Wildman–Crippen MR) is 76.2 cm³/mol. The van der Waals surface area contributed by atoms with Gasteiger partial charge in [0.25, 0.3) is 0 Å². The van der Waals surface area contributed by atoms with Gasteiger partial charge in [-0.25, -0.2) is 0 Å². The second-order valence-electron chi connectivity index (χ2n) is 5.17. The van der Waals surface area contributed by atoms with Crippen LogP contribution in [0.15, 0.2) is 0 Å². The number of rotatable bonds is 10. The lowest BCUT2D eigenvalue weighted by atomic mass is 10.0. The fraction of sp³-hybridized carbons (Fsp3) is 1.00. The number of hydrogen-bond donors (Lipinski definition) is 3. The maximum absolute atomic E-state index is 9.03. The van der Waals surface area contributed by atoms with Crippen LogP contribution in [-0.2, 0) is 9.47 Å². The summed E-state index contributed by atoms with van der Waals surface area (Å²) in [4.78, 5) is 0. The molecule has 19 heavy (non-hydrogen) atoms. The largest absolute Gasteiger partial charge is 0.394 e. The van der Waals surface area contributed by atoms with E-state index in [9.17, 15) is 0 Å². The van der Waals surface area contributed by atoms with E-state index in [-0.39, 0.29) is 6.61 Å². The first kappa shape index (κ1) is 21.1. The highest BCUT2D eigenvalue weighted by molar-refractivity contribution is 4.67. The summed E-state index contributed by atoms with van der Waals surface area (Å²) >= 11 is 0. The maximum Gasteiger partial charge on any atom is 0.0701 e. The van der Waals surface area contributed by atoms with Crippen LogP contribution in [0, 0.1) is 0 Å². The highest BCUT2D eigenvalue weighted by Gasteiger charge is 2.14. The zero-order valence-electron chi connectivity index (χ0n) is 12.9. The van der Waals surface area contributed by atoms with Crippen molar-refractivity contribution in [2.45, 2.75) is 58.7 Å². The molecule has 3 N–H and O–H groups in total. The number of aliphatic hydroxyl groups excluding tert-OH is 2. The van der Waals surface area contributed by atoms with Gasteiger partial charge in [-0.3, -0.25) is 0 Å². The molecule has 0 bridgehead atoms. The monoisotopic (exact) mass is 280 g/mol. The molecule has 0 saturated carbocycles. The minimum Gasteiger partial charge on any atom is -0.394 e. The average Bonchev–Trinajstić information content (AvgIpc) is 2.25. The lowest BCUT2D eigenvalue weighted by Crippen LogP contribution is -2.24. The molecule has 0 spiro atoms. The van der Waals surface area contributed by atoms with E-state index >= 15 is 0 Å². The number of aliphatic hydroxyl groups is 3. The summed E-state index contributed by atoms with van der Waals surface area (Å²) in [7, 11) is 0. The number of ether oxygens (including phenoxy) is 2. The van der Waals surface area contributed by atoms with E-state index in [4.69, 9.17) is 24.8 Å². The fourth-order valence-corrected chi connectivity index (χ4v) is 1.36. The van der Waals surface area contributed by atoms with Crippen LogP contribution in [0.1, 0.15) is 47.0 Å². The van der Waals surface area contributed by atoms with Gasteiger partial charge in [-0.1, -0.05) is 13.3 Å². The van der Waals surface area contributed by atoms with Gasteiger partial charge in [-0.15, -0.1) is 0 Å². The molecule has 0 saturated heterocycles. The lowest BCUT2D eigenvalue weighted by Gasteiger charge is -2.17. The Hall–Kier alpha value is -0.200. The van der Waals surface area contributed by atoms with Crippen LogP contribution < -0.4 is 0 Å². The summed E-state index contributed by atoms with van der Waals surface area (Å²) < 4.78 is 10.2. The van der Waals surface area contributed by atoms with Crippen LogP contribution in [-0.4, -0.2) is 60.1 Å². The second-order valence-corrected chi connectivity index (χ2v) is 5.17. The summed E-state index contributed by atoms with van der Waals surface area (Å²) in [6, 6.07) is 0. The molecule has 5 heteroatoms. The van der Waals surface area contributed by atoms with Crippen LogP contribution in [0.2, 0.25) is 0 Å². The molecule has 0 aliphatic heterocycles. The second kappa shape index (κ2) is 14.2. The van der Waals surface area contributed by atoms with Crippen molar-refractivity contribution >= 4 is 0 Å². The number of unbranched alkanes of at least 4 members (excludes halogenated alkanes) is 1. The molecule has 1 unspecified atom stereocenters. The van der Waals surface area contributed by atoms with Crippen LogP contribution >= 0.6 is 0 Å². The molecule has 0 fully saturated rings. The van der Waals surface area contributed by atoms with E-state index in [0.29, 0.717) is 26.2 Å². The Labute approximate surface area is 117 Å². The van der Waals surface area contributed by atoms with Gasteiger partial charge in [0.05, 0.1) is 38.1 Å². The van der Waals surface area contributed by atoms with Gasteiger partial charge in [-0.05, 0) is 27.2 Å². The Bertz CT molecular complexity index is 158. The molecule has 118 valence electrons. The van der Waals surface area contributed by atoms with E-state index in [2.05, 4.69) is 6.92 Å². The summed E-state index contributed by atoms with van der Waals surface area (Å²) in [5.41, 5.74) is -0.728. The third kappa shape index (κ3) is 27.1. The van der Waals surface area contributed by atoms with Gasteiger partial charge in [-0.2, -0.15) is 0 Å². The molecule has 0 heterocycles. The van der Waals surface area contributed by atoms with Crippen molar-refractivity contribution in [3.05, 3.63) is 0 Å². The molecule has 0 rings (SSSR count). The van der Waals surface area contributed by atoms with E-state index in [1.54, 1.807) is 20.8 Å². The molecule has 0 aromatic carbocycles. The SMILES string of the molecule is CC(O)CC(C)(C)O.CCCCOCCOCCO. The van der Waals surface area contributed by atoms with E-state index in [1.165, 1.54) is 0 Å². The Morgan fingerprint density at radius 3 is 1.89 bits per heavy atom. The smallest absolute Gasteiger partial charge is 0.0701 e. The van der Waals surface area contributed by atoms with Crippen molar-refractivity contribution in [2.75, 3.05) is 33.0 Å². The third-order valence-corrected chi connectivity index (χ3v) is 2.04. The maximum atomic E-state index is 9.03. The first-order valence-corrected chi connectivity index (χ1v) is 7.00. The van der Waals surface area contributed by atoms with Gasteiger partial charge in [0.1, 0.15) is 0 Å². The van der Waals surface area contributed by atoms with Crippen LogP contribution in [0.3, 0.4) is 0 Å². The van der Waals surface area contributed by atoms with Crippen LogP contribution in [0.4, 0.5) is 0 Å². The molecule has 0 aliphatic carbocycles. The van der Waals surface area contributed by atoms with E-state index < -0.39 is 11.7 Å².